The third-order valence-electron chi connectivity index (χ3n) is 6.36. The molecule has 7 heteroatoms. The second-order valence-electron chi connectivity index (χ2n) is 8.15. The number of rotatable bonds is 1. The first-order valence-corrected chi connectivity index (χ1v) is 10.2. The van der Waals surface area contributed by atoms with Gasteiger partial charge in [0.15, 0.2) is 5.79 Å². The van der Waals surface area contributed by atoms with Crippen molar-refractivity contribution in [1.29, 1.82) is 0 Å². The average Bonchev–Trinajstić information content (AvgIpc) is 3.15. The number of ketones is 1. The third kappa shape index (κ3) is 5.08. The van der Waals surface area contributed by atoms with Crippen LogP contribution in [0.15, 0.2) is 0 Å². The summed E-state index contributed by atoms with van der Waals surface area (Å²) < 4.78 is 22.8. The topological polar surface area (TPSA) is 83.1 Å². The van der Waals surface area contributed by atoms with Crippen molar-refractivity contribution in [2.75, 3.05) is 33.5 Å². The molecule has 154 valence electrons. The van der Waals surface area contributed by atoms with E-state index in [1.165, 1.54) is 0 Å². The van der Waals surface area contributed by atoms with E-state index in [4.69, 9.17) is 18.9 Å². The van der Waals surface area contributed by atoms with Gasteiger partial charge in [0.1, 0.15) is 18.3 Å². The van der Waals surface area contributed by atoms with Crippen LogP contribution in [0.2, 0.25) is 0 Å². The summed E-state index contributed by atoms with van der Waals surface area (Å²) in [7, 11) is 1.68. The molecule has 3 aliphatic rings. The van der Waals surface area contributed by atoms with E-state index in [0.29, 0.717) is 26.1 Å². The summed E-state index contributed by atoms with van der Waals surface area (Å²) in [5.74, 6) is -1.68. The van der Waals surface area contributed by atoms with Crippen LogP contribution in [-0.4, -0.2) is 62.7 Å². The molecule has 2 unspecified atom stereocenters. The molecule has 0 bridgehead atoms. The smallest absolute Gasteiger partial charge is 0.316 e. The molecule has 0 aromatic carbocycles. The molecule has 27 heavy (non-hydrogen) atoms. The molecule has 3 fully saturated rings. The number of esters is 1. The van der Waals surface area contributed by atoms with Gasteiger partial charge in [-0.3, -0.25) is 9.59 Å². The molecule has 2 atom stereocenters. The normalized spacial score (nSPS) is 32.5. The van der Waals surface area contributed by atoms with E-state index in [1.807, 2.05) is 0 Å². The minimum atomic E-state index is -0.725. The largest absolute Gasteiger partial charge is 0.463 e. The zero-order chi connectivity index (χ0) is 19.3. The molecule has 2 saturated heterocycles. The lowest BCUT2D eigenvalue weighted by atomic mass is 9.79. The zero-order valence-electron chi connectivity index (χ0n) is 16.6. The first kappa shape index (κ1) is 20.7. The molecule has 2 heterocycles. The van der Waals surface area contributed by atoms with Crippen LogP contribution >= 0.6 is 0 Å². The van der Waals surface area contributed by atoms with Crippen LogP contribution in [0, 0.1) is 5.92 Å². The Balaban J connectivity index is 1.67. The minimum Gasteiger partial charge on any atom is -0.463 e. The number of ether oxygens (including phenoxy) is 4. The summed E-state index contributed by atoms with van der Waals surface area (Å²) in [6.07, 6.45) is 6.10. The monoisotopic (exact) mass is 383 g/mol. The van der Waals surface area contributed by atoms with Gasteiger partial charge in [0.25, 0.3) is 0 Å². The predicted octanol–water partition coefficient (Wildman–Crippen LogP) is 1.97. The second-order valence-corrected chi connectivity index (χ2v) is 8.15. The number of methoxy groups -OCH3 is 1. The van der Waals surface area contributed by atoms with Crippen molar-refractivity contribution >= 4 is 11.8 Å². The third-order valence-corrected chi connectivity index (χ3v) is 6.36. The Bertz CT molecular complexity index is 521. The van der Waals surface area contributed by atoms with E-state index < -0.39 is 17.7 Å². The molecular weight excluding hydrogens is 350 g/mol. The van der Waals surface area contributed by atoms with Crippen LogP contribution in [-0.2, 0) is 28.5 Å². The van der Waals surface area contributed by atoms with Gasteiger partial charge in [0.05, 0.1) is 24.9 Å². The van der Waals surface area contributed by atoms with Gasteiger partial charge in [-0.15, -0.1) is 0 Å². The number of hydrogen-bond donors (Lipinski definition) is 1. The van der Waals surface area contributed by atoms with Crippen molar-refractivity contribution in [3.63, 3.8) is 0 Å². The summed E-state index contributed by atoms with van der Waals surface area (Å²) >= 11 is 0. The summed E-state index contributed by atoms with van der Waals surface area (Å²) in [5.41, 5.74) is -0.282. The fourth-order valence-electron chi connectivity index (χ4n) is 4.32. The molecule has 7 nitrogen and oxygen atoms in total. The molecule has 0 radical (unpaired) electrons. The quantitative estimate of drug-likeness (QED) is 0.547. The Kier molecular flexibility index (Phi) is 6.89. The van der Waals surface area contributed by atoms with Crippen molar-refractivity contribution in [3.8, 4) is 0 Å². The second kappa shape index (κ2) is 8.99. The highest BCUT2D eigenvalue weighted by Gasteiger charge is 2.47. The van der Waals surface area contributed by atoms with Gasteiger partial charge < -0.3 is 24.3 Å². The van der Waals surface area contributed by atoms with E-state index in [2.05, 4.69) is 5.32 Å². The Labute approximate surface area is 161 Å². The molecule has 1 aliphatic carbocycles. The summed E-state index contributed by atoms with van der Waals surface area (Å²) in [5, 5.41) is 3.64. The lowest BCUT2D eigenvalue weighted by Crippen LogP contribution is -2.55. The van der Waals surface area contributed by atoms with Crippen LogP contribution in [0.5, 0.6) is 0 Å². The van der Waals surface area contributed by atoms with E-state index in [-0.39, 0.29) is 24.0 Å². The Morgan fingerprint density at radius 3 is 2.44 bits per heavy atom. The van der Waals surface area contributed by atoms with Crippen LogP contribution in [0.3, 0.4) is 0 Å². The zero-order valence-corrected chi connectivity index (χ0v) is 16.6. The van der Waals surface area contributed by atoms with Crippen molar-refractivity contribution in [3.05, 3.63) is 0 Å². The summed E-state index contributed by atoms with van der Waals surface area (Å²) in [6, 6.07) is 0. The van der Waals surface area contributed by atoms with Gasteiger partial charge in [-0.25, -0.2) is 0 Å². The average molecular weight is 383 g/mol. The van der Waals surface area contributed by atoms with E-state index in [0.717, 1.165) is 45.1 Å². The van der Waals surface area contributed by atoms with E-state index in [1.54, 1.807) is 14.0 Å². The van der Waals surface area contributed by atoms with Crippen molar-refractivity contribution < 1.29 is 28.5 Å². The van der Waals surface area contributed by atoms with Gasteiger partial charge in [-0.1, -0.05) is 0 Å². The van der Waals surface area contributed by atoms with Gasteiger partial charge >= 0.3 is 5.97 Å². The standard InChI is InChI=1S/C20H33NO6/c1-15-17(22)6-5-16(24-2)4-3-11-21-19(14-25-18(15)23)7-9-20(10-8-19)26-12-13-27-20/h15-16,21H,3-14H2,1-2H3. The van der Waals surface area contributed by atoms with Gasteiger partial charge in [0.2, 0.25) is 0 Å². The molecule has 1 N–H and O–H groups in total. The van der Waals surface area contributed by atoms with Crippen molar-refractivity contribution in [2.45, 2.75) is 75.7 Å². The van der Waals surface area contributed by atoms with E-state index in [9.17, 15) is 9.59 Å². The number of Topliss-reactive ketones (excluding diaryl/α,β-unsaturated/α-hetero) is 1. The van der Waals surface area contributed by atoms with Gasteiger partial charge in [-0.2, -0.15) is 0 Å². The summed E-state index contributed by atoms with van der Waals surface area (Å²) in [4.78, 5) is 24.7. The van der Waals surface area contributed by atoms with Crippen molar-refractivity contribution in [1.82, 2.24) is 5.32 Å². The number of hydrogen-bond acceptors (Lipinski definition) is 7. The Morgan fingerprint density at radius 2 is 1.78 bits per heavy atom. The number of cyclic esters (lactones) is 1. The molecule has 3 rings (SSSR count). The first-order valence-electron chi connectivity index (χ1n) is 10.2. The fourth-order valence-corrected chi connectivity index (χ4v) is 4.32. The van der Waals surface area contributed by atoms with Gasteiger partial charge in [0, 0.05) is 26.4 Å². The minimum absolute atomic E-state index is 0.0468. The highest BCUT2D eigenvalue weighted by molar-refractivity contribution is 5.98. The lowest BCUT2D eigenvalue weighted by Gasteiger charge is -2.44. The molecule has 2 spiro atoms. The number of carbonyl (C=O) groups excluding carboxylic acids is 2. The number of nitrogens with one attached hydrogen (secondary N) is 1. The summed E-state index contributed by atoms with van der Waals surface area (Å²) in [6.45, 7) is 4.05. The van der Waals surface area contributed by atoms with Crippen LogP contribution < -0.4 is 5.32 Å². The first-order chi connectivity index (χ1) is 13.0. The fraction of sp³-hybridized carbons (Fsp3) is 0.900. The number of carbonyl (C=O) groups is 2. The van der Waals surface area contributed by atoms with Crippen LogP contribution in [0.1, 0.15) is 58.3 Å². The predicted molar refractivity (Wildman–Crippen MR) is 98.2 cm³/mol. The Hall–Kier alpha value is -1.02. The maximum absolute atomic E-state index is 12.4. The van der Waals surface area contributed by atoms with E-state index >= 15 is 0 Å². The van der Waals surface area contributed by atoms with Crippen LogP contribution in [0.25, 0.3) is 0 Å². The highest BCUT2D eigenvalue weighted by atomic mass is 16.7. The van der Waals surface area contributed by atoms with Crippen molar-refractivity contribution in [2.24, 2.45) is 5.92 Å². The maximum atomic E-state index is 12.4. The Morgan fingerprint density at radius 1 is 1.07 bits per heavy atom. The highest BCUT2D eigenvalue weighted by Crippen LogP contribution is 2.40. The molecule has 0 amide bonds. The molecular formula is C20H33NO6. The molecule has 1 saturated carbocycles. The maximum Gasteiger partial charge on any atom is 0.316 e. The van der Waals surface area contributed by atoms with Crippen LogP contribution in [0.4, 0.5) is 0 Å². The lowest BCUT2D eigenvalue weighted by molar-refractivity contribution is -0.190. The van der Waals surface area contributed by atoms with Gasteiger partial charge in [-0.05, 0) is 45.6 Å². The molecule has 0 aromatic heterocycles. The molecule has 2 aliphatic heterocycles. The molecule has 0 aromatic rings. The SMILES string of the molecule is COC1CCCNC2(CCC3(CC2)OCCO3)COC(=O)C(C)C(=O)CC1.